The van der Waals surface area contributed by atoms with Crippen LogP contribution in [0, 0.1) is 5.92 Å². The summed E-state index contributed by atoms with van der Waals surface area (Å²) in [6.45, 7) is 8.22. The number of nitrogens with two attached hydrogens (primary N) is 1. The fraction of sp³-hybridized carbons (Fsp3) is 0.929. The highest BCUT2D eigenvalue weighted by Gasteiger charge is 2.21. The summed E-state index contributed by atoms with van der Waals surface area (Å²) in [6, 6.07) is -0.192. The van der Waals surface area contributed by atoms with E-state index in [0.717, 1.165) is 38.5 Å². The molecule has 4 heteroatoms. The second-order valence-electron chi connectivity index (χ2n) is 5.41. The van der Waals surface area contributed by atoms with Crippen LogP contribution in [0.15, 0.2) is 0 Å². The third-order valence-corrected chi connectivity index (χ3v) is 3.94. The van der Waals surface area contributed by atoms with Crippen LogP contribution in [0.2, 0.25) is 0 Å². The Balaban J connectivity index is 2.40. The van der Waals surface area contributed by atoms with Crippen molar-refractivity contribution >= 4 is 5.91 Å². The first-order valence-corrected chi connectivity index (χ1v) is 7.42. The van der Waals surface area contributed by atoms with Crippen LogP contribution >= 0.6 is 0 Å². The Morgan fingerprint density at radius 2 is 2.17 bits per heavy atom. The van der Waals surface area contributed by atoms with E-state index in [4.69, 9.17) is 5.73 Å². The van der Waals surface area contributed by atoms with Crippen molar-refractivity contribution in [2.75, 3.05) is 26.2 Å². The maximum Gasteiger partial charge on any atom is 0.235 e. The lowest BCUT2D eigenvalue weighted by atomic mass is 9.98. The Bertz CT molecular complexity index is 245. The molecule has 0 bridgehead atoms. The quantitative estimate of drug-likeness (QED) is 0.722. The molecule has 1 fully saturated rings. The zero-order valence-electron chi connectivity index (χ0n) is 12.0. The number of hydrogen-bond donors (Lipinski definition) is 2. The second-order valence-corrected chi connectivity index (χ2v) is 5.41. The number of amides is 1. The van der Waals surface area contributed by atoms with Gasteiger partial charge in [0, 0.05) is 6.54 Å². The van der Waals surface area contributed by atoms with Crippen molar-refractivity contribution in [3.8, 4) is 0 Å². The van der Waals surface area contributed by atoms with Crippen LogP contribution in [0.4, 0.5) is 0 Å². The van der Waals surface area contributed by atoms with Gasteiger partial charge in [-0.15, -0.1) is 0 Å². The van der Waals surface area contributed by atoms with Gasteiger partial charge in [0.1, 0.15) is 0 Å². The molecule has 0 radical (unpaired) electrons. The van der Waals surface area contributed by atoms with E-state index in [2.05, 4.69) is 24.1 Å². The molecule has 3 N–H and O–H groups in total. The lowest BCUT2D eigenvalue weighted by molar-refractivity contribution is -0.120. The Morgan fingerprint density at radius 1 is 1.39 bits per heavy atom. The number of nitrogens with one attached hydrogen (secondary N) is 1. The SMILES string of the molecule is CCCNC(CN1CCCC(CC)CC1)C(N)=O. The van der Waals surface area contributed by atoms with E-state index in [1.807, 2.05) is 0 Å². The summed E-state index contributed by atoms with van der Waals surface area (Å²) in [6.07, 6.45) is 6.15. The number of likely N-dealkylation sites (tertiary alicyclic amines) is 1. The van der Waals surface area contributed by atoms with Gasteiger partial charge in [-0.25, -0.2) is 0 Å². The van der Waals surface area contributed by atoms with Crippen molar-refractivity contribution in [2.45, 2.75) is 52.0 Å². The second kappa shape index (κ2) is 8.48. The van der Waals surface area contributed by atoms with Crippen molar-refractivity contribution in [2.24, 2.45) is 11.7 Å². The molecule has 1 saturated heterocycles. The zero-order chi connectivity index (χ0) is 13.4. The van der Waals surface area contributed by atoms with E-state index >= 15 is 0 Å². The summed E-state index contributed by atoms with van der Waals surface area (Å²) in [5.41, 5.74) is 5.46. The maximum absolute atomic E-state index is 11.4. The normalized spacial score (nSPS) is 23.6. The van der Waals surface area contributed by atoms with Gasteiger partial charge in [-0.2, -0.15) is 0 Å². The predicted molar refractivity (Wildman–Crippen MR) is 75.3 cm³/mol. The molecule has 18 heavy (non-hydrogen) atoms. The number of primary amides is 1. The molecule has 106 valence electrons. The number of hydrogen-bond acceptors (Lipinski definition) is 3. The van der Waals surface area contributed by atoms with E-state index in [1.165, 1.54) is 25.7 Å². The van der Waals surface area contributed by atoms with Gasteiger partial charge in [0.25, 0.3) is 0 Å². The molecule has 0 saturated carbocycles. The minimum Gasteiger partial charge on any atom is -0.368 e. The Morgan fingerprint density at radius 3 is 2.78 bits per heavy atom. The van der Waals surface area contributed by atoms with Gasteiger partial charge in [-0.05, 0) is 51.2 Å². The van der Waals surface area contributed by atoms with Crippen molar-refractivity contribution in [1.82, 2.24) is 10.2 Å². The summed E-state index contributed by atoms with van der Waals surface area (Å²) in [7, 11) is 0. The highest BCUT2D eigenvalue weighted by atomic mass is 16.1. The predicted octanol–water partition coefficient (Wildman–Crippen LogP) is 1.35. The Kier molecular flexibility index (Phi) is 7.28. The van der Waals surface area contributed by atoms with E-state index in [-0.39, 0.29) is 11.9 Å². The van der Waals surface area contributed by atoms with Crippen LogP contribution in [0.1, 0.15) is 46.0 Å². The molecule has 1 aliphatic rings. The average Bonchev–Trinajstić information content (AvgIpc) is 2.59. The van der Waals surface area contributed by atoms with Crippen LogP contribution in [-0.2, 0) is 4.79 Å². The molecule has 0 aromatic rings. The zero-order valence-corrected chi connectivity index (χ0v) is 12.0. The van der Waals surface area contributed by atoms with Gasteiger partial charge < -0.3 is 16.0 Å². The molecule has 2 atom stereocenters. The van der Waals surface area contributed by atoms with Gasteiger partial charge in [-0.1, -0.05) is 20.3 Å². The van der Waals surface area contributed by atoms with E-state index in [0.29, 0.717) is 0 Å². The van der Waals surface area contributed by atoms with Gasteiger partial charge >= 0.3 is 0 Å². The number of carbonyl (C=O) groups is 1. The minimum absolute atomic E-state index is 0.192. The topological polar surface area (TPSA) is 58.4 Å². The fourth-order valence-corrected chi connectivity index (χ4v) is 2.65. The van der Waals surface area contributed by atoms with Gasteiger partial charge in [0.2, 0.25) is 5.91 Å². The summed E-state index contributed by atoms with van der Waals surface area (Å²) in [5.74, 6) is 0.644. The molecule has 1 amide bonds. The maximum atomic E-state index is 11.4. The summed E-state index contributed by atoms with van der Waals surface area (Å²) in [5, 5.41) is 3.25. The lowest BCUT2D eigenvalue weighted by Crippen LogP contribution is -2.49. The van der Waals surface area contributed by atoms with Crippen molar-refractivity contribution < 1.29 is 4.79 Å². The molecule has 0 aromatic heterocycles. The molecular weight excluding hydrogens is 226 g/mol. The van der Waals surface area contributed by atoms with Crippen molar-refractivity contribution in [1.29, 1.82) is 0 Å². The molecule has 1 rings (SSSR count). The standard InChI is InChI=1S/C14H29N3O/c1-3-8-16-13(14(15)18)11-17-9-5-6-12(4-2)7-10-17/h12-13,16H,3-11H2,1-2H3,(H2,15,18). The molecular formula is C14H29N3O. The van der Waals surface area contributed by atoms with Crippen molar-refractivity contribution in [3.05, 3.63) is 0 Å². The Hall–Kier alpha value is -0.610. The fourth-order valence-electron chi connectivity index (χ4n) is 2.65. The molecule has 0 spiro atoms. The first-order valence-electron chi connectivity index (χ1n) is 7.42. The number of carbonyl (C=O) groups excluding carboxylic acids is 1. The highest BCUT2D eigenvalue weighted by Crippen LogP contribution is 2.20. The summed E-state index contributed by atoms with van der Waals surface area (Å²) >= 11 is 0. The minimum atomic E-state index is -0.222. The van der Waals surface area contributed by atoms with Crippen LogP contribution in [-0.4, -0.2) is 43.0 Å². The van der Waals surface area contributed by atoms with Gasteiger partial charge in [0.15, 0.2) is 0 Å². The first-order chi connectivity index (χ1) is 8.67. The van der Waals surface area contributed by atoms with Crippen LogP contribution in [0.3, 0.4) is 0 Å². The van der Waals surface area contributed by atoms with E-state index < -0.39 is 0 Å². The largest absolute Gasteiger partial charge is 0.368 e. The Labute approximate surface area is 111 Å². The third kappa shape index (κ3) is 5.36. The summed E-state index contributed by atoms with van der Waals surface area (Å²) < 4.78 is 0. The van der Waals surface area contributed by atoms with Crippen LogP contribution < -0.4 is 11.1 Å². The molecule has 0 aliphatic carbocycles. The first kappa shape index (κ1) is 15.4. The molecule has 4 nitrogen and oxygen atoms in total. The highest BCUT2D eigenvalue weighted by molar-refractivity contribution is 5.80. The van der Waals surface area contributed by atoms with Gasteiger partial charge in [-0.3, -0.25) is 4.79 Å². The molecule has 2 unspecified atom stereocenters. The smallest absolute Gasteiger partial charge is 0.235 e. The summed E-state index contributed by atoms with van der Waals surface area (Å²) in [4.78, 5) is 13.8. The van der Waals surface area contributed by atoms with Crippen LogP contribution in [0.25, 0.3) is 0 Å². The number of nitrogens with zero attached hydrogens (tertiary/aromatic N) is 1. The molecule has 0 aromatic carbocycles. The van der Waals surface area contributed by atoms with E-state index in [1.54, 1.807) is 0 Å². The number of rotatable bonds is 7. The molecule has 1 aliphatic heterocycles. The van der Waals surface area contributed by atoms with Crippen molar-refractivity contribution in [3.63, 3.8) is 0 Å². The lowest BCUT2D eigenvalue weighted by Gasteiger charge is -2.25. The monoisotopic (exact) mass is 255 g/mol. The third-order valence-electron chi connectivity index (χ3n) is 3.94. The average molecular weight is 255 g/mol. The van der Waals surface area contributed by atoms with Crippen LogP contribution in [0.5, 0.6) is 0 Å². The van der Waals surface area contributed by atoms with E-state index in [9.17, 15) is 4.79 Å². The molecule has 1 heterocycles. The van der Waals surface area contributed by atoms with Gasteiger partial charge in [0.05, 0.1) is 6.04 Å².